The van der Waals surface area contributed by atoms with E-state index in [2.05, 4.69) is 15.2 Å². The van der Waals surface area contributed by atoms with E-state index in [1.807, 2.05) is 0 Å². The standard InChI is InChI=1S/C19H23ClF3N5O2S/c1-3-27(16-12-28(25-17(16)20)14-7-5-9-24-11-14)18(29)15(26-30-4-2)13-31-10-6-8-19(21,22)23/h5,7,9,11-12H,3-4,6,8,10,13H2,1-2H3. The maximum Gasteiger partial charge on any atom is 0.389 e. The molecule has 12 heteroatoms. The lowest BCUT2D eigenvalue weighted by atomic mass is 10.3. The number of carbonyl (C=O) groups is 1. The molecule has 0 bridgehead atoms. The van der Waals surface area contributed by atoms with E-state index >= 15 is 0 Å². The monoisotopic (exact) mass is 477 g/mol. The lowest BCUT2D eigenvalue weighted by molar-refractivity contribution is -0.134. The fourth-order valence-corrected chi connectivity index (χ4v) is 3.63. The average molecular weight is 478 g/mol. The molecular formula is C19H23ClF3N5O2S. The van der Waals surface area contributed by atoms with E-state index in [9.17, 15) is 18.0 Å². The number of nitrogens with zero attached hydrogens (tertiary/aromatic N) is 5. The summed E-state index contributed by atoms with van der Waals surface area (Å²) in [5, 5.41) is 8.23. The molecule has 0 aromatic carbocycles. The van der Waals surface area contributed by atoms with Gasteiger partial charge in [-0.15, -0.1) is 0 Å². The minimum Gasteiger partial charge on any atom is -0.396 e. The zero-order chi connectivity index (χ0) is 22.9. The van der Waals surface area contributed by atoms with Gasteiger partial charge in [-0.05, 0) is 38.2 Å². The SMILES string of the molecule is CCON=C(CSCCCC(F)(F)F)C(=O)N(CC)c1cn(-c2cccnc2)nc1Cl. The molecule has 1 amide bonds. The largest absolute Gasteiger partial charge is 0.396 e. The van der Waals surface area contributed by atoms with Gasteiger partial charge < -0.3 is 9.74 Å². The summed E-state index contributed by atoms with van der Waals surface area (Å²) in [6, 6.07) is 3.54. The molecule has 2 rings (SSSR count). The Hall–Kier alpha value is -2.27. The summed E-state index contributed by atoms with van der Waals surface area (Å²) in [5.74, 6) is -0.0994. The molecule has 2 aromatic heterocycles. The highest BCUT2D eigenvalue weighted by atomic mass is 35.5. The third-order valence-corrected chi connectivity index (χ3v) is 5.28. The number of anilines is 1. The second-order valence-electron chi connectivity index (χ2n) is 6.24. The Balaban J connectivity index is 2.14. The van der Waals surface area contributed by atoms with Gasteiger partial charge in [-0.2, -0.15) is 30.0 Å². The topological polar surface area (TPSA) is 72.6 Å². The molecular weight excluding hydrogens is 455 g/mol. The van der Waals surface area contributed by atoms with Gasteiger partial charge in [-0.25, -0.2) is 4.68 Å². The molecule has 2 aromatic rings. The van der Waals surface area contributed by atoms with Crippen LogP contribution in [0.15, 0.2) is 35.9 Å². The van der Waals surface area contributed by atoms with Gasteiger partial charge in [0.1, 0.15) is 12.3 Å². The predicted octanol–water partition coefficient (Wildman–Crippen LogP) is 4.74. The number of hydrogen-bond acceptors (Lipinski definition) is 6. The van der Waals surface area contributed by atoms with E-state index in [-0.39, 0.29) is 41.9 Å². The molecule has 7 nitrogen and oxygen atoms in total. The van der Waals surface area contributed by atoms with Gasteiger partial charge in [0.15, 0.2) is 10.9 Å². The van der Waals surface area contributed by atoms with Crippen LogP contribution < -0.4 is 4.90 Å². The average Bonchev–Trinajstić information content (AvgIpc) is 3.12. The highest BCUT2D eigenvalue weighted by molar-refractivity contribution is 8.00. The second kappa shape index (κ2) is 11.9. The Labute approximate surface area is 187 Å². The fraction of sp³-hybridized carbons (Fsp3) is 0.474. The third kappa shape index (κ3) is 7.73. The Bertz CT molecular complexity index is 877. The van der Waals surface area contributed by atoms with Crippen LogP contribution in [-0.2, 0) is 9.63 Å². The molecule has 0 radical (unpaired) electrons. The molecule has 0 atom stereocenters. The Morgan fingerprint density at radius 3 is 2.77 bits per heavy atom. The summed E-state index contributed by atoms with van der Waals surface area (Å²) in [6.07, 6.45) is -0.259. The molecule has 0 aliphatic heterocycles. The number of alkyl halides is 3. The normalized spacial score (nSPS) is 12.1. The van der Waals surface area contributed by atoms with Crippen LogP contribution in [0.3, 0.4) is 0 Å². The van der Waals surface area contributed by atoms with Crippen molar-refractivity contribution in [3.8, 4) is 5.69 Å². The first-order chi connectivity index (χ1) is 14.8. The van der Waals surface area contributed by atoms with Crippen molar-refractivity contribution in [3.63, 3.8) is 0 Å². The molecule has 2 heterocycles. The van der Waals surface area contributed by atoms with Crippen LogP contribution in [0.4, 0.5) is 18.9 Å². The fourth-order valence-electron chi connectivity index (χ4n) is 2.54. The third-order valence-electron chi connectivity index (χ3n) is 3.95. The van der Waals surface area contributed by atoms with Crippen molar-refractivity contribution >= 4 is 40.7 Å². The van der Waals surface area contributed by atoms with Gasteiger partial charge in [0, 0.05) is 24.9 Å². The summed E-state index contributed by atoms with van der Waals surface area (Å²) < 4.78 is 38.4. The first-order valence-corrected chi connectivity index (χ1v) is 11.1. The van der Waals surface area contributed by atoms with E-state index < -0.39 is 18.5 Å². The summed E-state index contributed by atoms with van der Waals surface area (Å²) in [4.78, 5) is 23.6. The zero-order valence-corrected chi connectivity index (χ0v) is 18.7. The van der Waals surface area contributed by atoms with Crippen LogP contribution in [-0.4, -0.2) is 57.2 Å². The Morgan fingerprint density at radius 1 is 1.39 bits per heavy atom. The minimum atomic E-state index is -4.19. The van der Waals surface area contributed by atoms with Crippen LogP contribution in [0, 0.1) is 0 Å². The van der Waals surface area contributed by atoms with E-state index in [1.165, 1.54) is 21.3 Å². The van der Waals surface area contributed by atoms with Crippen LogP contribution in [0.5, 0.6) is 0 Å². The van der Waals surface area contributed by atoms with Gasteiger partial charge in [0.05, 0.1) is 18.1 Å². The number of pyridine rings is 1. The lowest BCUT2D eigenvalue weighted by Crippen LogP contribution is -2.38. The summed E-state index contributed by atoms with van der Waals surface area (Å²) >= 11 is 7.47. The number of thioether (sulfide) groups is 1. The summed E-state index contributed by atoms with van der Waals surface area (Å²) in [6.45, 7) is 4.02. The molecule has 170 valence electrons. The molecule has 0 fully saturated rings. The van der Waals surface area contributed by atoms with Crippen molar-refractivity contribution in [3.05, 3.63) is 35.9 Å². The number of rotatable bonds is 11. The van der Waals surface area contributed by atoms with Crippen LogP contribution in [0.1, 0.15) is 26.7 Å². The van der Waals surface area contributed by atoms with Gasteiger partial charge in [-0.3, -0.25) is 9.78 Å². The smallest absolute Gasteiger partial charge is 0.389 e. The van der Waals surface area contributed by atoms with Crippen molar-refractivity contribution in [1.29, 1.82) is 0 Å². The highest BCUT2D eigenvalue weighted by Gasteiger charge is 2.27. The molecule has 0 unspecified atom stereocenters. The number of aromatic nitrogens is 3. The summed E-state index contributed by atoms with van der Waals surface area (Å²) in [5.41, 5.74) is 1.14. The summed E-state index contributed by atoms with van der Waals surface area (Å²) in [7, 11) is 0. The van der Waals surface area contributed by atoms with E-state index in [0.29, 0.717) is 11.4 Å². The molecule has 0 spiro atoms. The number of hydrogen-bond donors (Lipinski definition) is 0. The number of halogens is 4. The second-order valence-corrected chi connectivity index (χ2v) is 7.70. The maximum atomic E-state index is 13.1. The highest BCUT2D eigenvalue weighted by Crippen LogP contribution is 2.27. The molecule has 0 N–H and O–H groups in total. The van der Waals surface area contributed by atoms with Crippen molar-refractivity contribution in [2.45, 2.75) is 32.9 Å². The first kappa shape index (κ1) is 25.0. The van der Waals surface area contributed by atoms with Crippen LogP contribution >= 0.6 is 23.4 Å². The molecule has 0 saturated carbocycles. The molecule has 0 aliphatic rings. The number of amides is 1. The van der Waals surface area contributed by atoms with Crippen molar-refractivity contribution in [2.24, 2.45) is 5.16 Å². The number of oxime groups is 1. The van der Waals surface area contributed by atoms with Crippen molar-refractivity contribution < 1.29 is 22.8 Å². The Kier molecular flexibility index (Phi) is 9.63. The molecule has 0 aliphatic carbocycles. The quantitative estimate of drug-likeness (QED) is 0.265. The Morgan fingerprint density at radius 2 is 2.16 bits per heavy atom. The van der Waals surface area contributed by atoms with Crippen LogP contribution in [0.25, 0.3) is 5.69 Å². The van der Waals surface area contributed by atoms with Crippen LogP contribution in [0.2, 0.25) is 5.15 Å². The van der Waals surface area contributed by atoms with Gasteiger partial charge in [0.2, 0.25) is 0 Å². The lowest BCUT2D eigenvalue weighted by Gasteiger charge is -2.20. The van der Waals surface area contributed by atoms with Gasteiger partial charge >= 0.3 is 6.18 Å². The van der Waals surface area contributed by atoms with E-state index in [1.54, 1.807) is 44.6 Å². The molecule has 31 heavy (non-hydrogen) atoms. The maximum absolute atomic E-state index is 13.1. The van der Waals surface area contributed by atoms with E-state index in [4.69, 9.17) is 16.4 Å². The molecule has 0 saturated heterocycles. The predicted molar refractivity (Wildman–Crippen MR) is 116 cm³/mol. The first-order valence-electron chi connectivity index (χ1n) is 9.57. The minimum absolute atomic E-state index is 0.0362. The van der Waals surface area contributed by atoms with Crippen molar-refractivity contribution in [2.75, 3.05) is 29.6 Å². The zero-order valence-electron chi connectivity index (χ0n) is 17.1. The van der Waals surface area contributed by atoms with Gasteiger partial charge in [0.25, 0.3) is 5.91 Å². The number of carbonyl (C=O) groups excluding carboxylic acids is 1. The van der Waals surface area contributed by atoms with Crippen molar-refractivity contribution in [1.82, 2.24) is 14.8 Å². The van der Waals surface area contributed by atoms with Gasteiger partial charge in [-0.1, -0.05) is 16.8 Å². The van der Waals surface area contributed by atoms with E-state index in [0.717, 1.165) is 0 Å².